The summed E-state index contributed by atoms with van der Waals surface area (Å²) < 4.78 is 27.5. The van der Waals surface area contributed by atoms with Gasteiger partial charge in [-0.25, -0.2) is 18.7 Å². The minimum atomic E-state index is -0.636. The first-order valence-electron chi connectivity index (χ1n) is 6.24. The Hall–Kier alpha value is -2.36. The van der Waals surface area contributed by atoms with E-state index in [4.69, 9.17) is 0 Å². The van der Waals surface area contributed by atoms with Gasteiger partial charge < -0.3 is 0 Å². The largest absolute Gasteiger partial charge is 0.237 e. The Bertz CT molecular complexity index is 656. The van der Waals surface area contributed by atoms with Gasteiger partial charge in [-0.2, -0.15) is 0 Å². The number of aromatic nitrogens is 2. The summed E-state index contributed by atoms with van der Waals surface area (Å²) >= 11 is 0. The molecule has 0 unspecified atom stereocenters. The van der Waals surface area contributed by atoms with Crippen LogP contribution in [-0.2, 0) is 0 Å². The van der Waals surface area contributed by atoms with E-state index in [1.54, 1.807) is 0 Å². The summed E-state index contributed by atoms with van der Waals surface area (Å²) in [5.74, 6) is -0.837. The molecule has 0 aliphatic heterocycles. The first-order chi connectivity index (χ1) is 9.67. The van der Waals surface area contributed by atoms with E-state index >= 15 is 0 Å². The van der Waals surface area contributed by atoms with E-state index in [2.05, 4.69) is 9.97 Å². The van der Waals surface area contributed by atoms with E-state index in [1.807, 2.05) is 32.1 Å². The lowest BCUT2D eigenvalue weighted by atomic mass is 10.1. The van der Waals surface area contributed by atoms with Crippen molar-refractivity contribution in [2.24, 2.45) is 0 Å². The first kappa shape index (κ1) is 14.1. The van der Waals surface area contributed by atoms with Gasteiger partial charge in [0.2, 0.25) is 0 Å². The van der Waals surface area contributed by atoms with Crippen LogP contribution in [0.3, 0.4) is 0 Å². The van der Waals surface area contributed by atoms with Gasteiger partial charge in [0, 0.05) is 11.8 Å². The third kappa shape index (κ3) is 2.79. The van der Waals surface area contributed by atoms with Crippen LogP contribution in [0.15, 0.2) is 48.7 Å². The number of nitrogens with zero attached hydrogens (tertiary/aromatic N) is 2. The van der Waals surface area contributed by atoms with Gasteiger partial charge in [-0.05, 0) is 32.0 Å². The van der Waals surface area contributed by atoms with E-state index in [-0.39, 0.29) is 11.3 Å². The van der Waals surface area contributed by atoms with E-state index in [1.165, 1.54) is 30.5 Å². The van der Waals surface area contributed by atoms with Crippen LogP contribution in [0.4, 0.5) is 8.78 Å². The second kappa shape index (κ2) is 6.19. The molecule has 0 atom stereocenters. The summed E-state index contributed by atoms with van der Waals surface area (Å²) in [5, 5.41) is 0. The second-order valence-electron chi connectivity index (χ2n) is 4.11. The third-order valence-electron chi connectivity index (χ3n) is 2.79. The van der Waals surface area contributed by atoms with E-state index in [9.17, 15) is 8.78 Å². The molecule has 0 N–H and O–H groups in total. The van der Waals surface area contributed by atoms with Gasteiger partial charge in [-0.15, -0.1) is 0 Å². The van der Waals surface area contributed by atoms with Crippen molar-refractivity contribution in [2.45, 2.75) is 13.8 Å². The molecule has 0 aliphatic carbocycles. The Morgan fingerprint density at radius 3 is 2.40 bits per heavy atom. The van der Waals surface area contributed by atoms with Crippen LogP contribution in [0.5, 0.6) is 0 Å². The monoisotopic (exact) mass is 272 g/mol. The Morgan fingerprint density at radius 2 is 1.80 bits per heavy atom. The molecular weight excluding hydrogens is 258 g/mol. The van der Waals surface area contributed by atoms with Crippen LogP contribution >= 0.6 is 0 Å². The zero-order valence-electron chi connectivity index (χ0n) is 11.3. The molecule has 2 aromatic rings. The number of rotatable bonds is 3. The molecule has 1 aromatic heterocycles. The van der Waals surface area contributed by atoms with Gasteiger partial charge in [0.15, 0.2) is 5.82 Å². The van der Waals surface area contributed by atoms with Crippen molar-refractivity contribution in [3.63, 3.8) is 0 Å². The molecular formula is C16H14F2N2. The normalized spacial score (nSPS) is 12.1. The molecule has 102 valence electrons. The molecule has 0 aliphatic rings. The molecule has 20 heavy (non-hydrogen) atoms. The van der Waals surface area contributed by atoms with Crippen molar-refractivity contribution in [1.82, 2.24) is 9.97 Å². The van der Waals surface area contributed by atoms with Crippen molar-refractivity contribution >= 4 is 5.57 Å². The van der Waals surface area contributed by atoms with Crippen LogP contribution in [-0.4, -0.2) is 9.97 Å². The van der Waals surface area contributed by atoms with Crippen LogP contribution in [0.2, 0.25) is 0 Å². The molecule has 4 heteroatoms. The maximum atomic E-state index is 13.8. The second-order valence-corrected chi connectivity index (χ2v) is 4.11. The molecule has 0 fully saturated rings. The molecule has 2 nitrogen and oxygen atoms in total. The molecule has 0 radical (unpaired) electrons. The quantitative estimate of drug-likeness (QED) is 0.774. The van der Waals surface area contributed by atoms with Gasteiger partial charge in [0.1, 0.15) is 11.6 Å². The molecule has 0 amide bonds. The fourth-order valence-corrected chi connectivity index (χ4v) is 1.86. The smallest absolute Gasteiger partial charge is 0.159 e. The summed E-state index contributed by atoms with van der Waals surface area (Å²) in [5.41, 5.74) is 0.896. The van der Waals surface area contributed by atoms with Crippen molar-refractivity contribution in [1.29, 1.82) is 0 Å². The molecule has 1 heterocycles. The maximum Gasteiger partial charge on any atom is 0.159 e. The van der Waals surface area contributed by atoms with Crippen molar-refractivity contribution in [3.8, 4) is 11.3 Å². The van der Waals surface area contributed by atoms with Gasteiger partial charge in [-0.3, -0.25) is 0 Å². The standard InChI is InChI=1S/C16H14F2N2/c1-3-6-11(4-2)16-19-10-9-14(20-16)15-12(17)7-5-8-13(15)18/h3-10H,1-2H3/b6-3-,11-4+. The average Bonchev–Trinajstić information content (AvgIpc) is 2.45. The predicted octanol–water partition coefficient (Wildman–Crippen LogP) is 4.40. The number of hydrogen-bond donors (Lipinski definition) is 0. The zero-order valence-corrected chi connectivity index (χ0v) is 11.3. The number of allylic oxidation sites excluding steroid dienone is 4. The zero-order chi connectivity index (χ0) is 14.5. The van der Waals surface area contributed by atoms with Gasteiger partial charge >= 0.3 is 0 Å². The summed E-state index contributed by atoms with van der Waals surface area (Å²) in [4.78, 5) is 8.38. The van der Waals surface area contributed by atoms with E-state index in [0.717, 1.165) is 5.57 Å². The summed E-state index contributed by atoms with van der Waals surface area (Å²) in [6, 6.07) is 5.24. The van der Waals surface area contributed by atoms with Gasteiger partial charge in [0.25, 0.3) is 0 Å². The minimum Gasteiger partial charge on any atom is -0.237 e. The lowest BCUT2D eigenvalue weighted by Gasteiger charge is -2.06. The lowest BCUT2D eigenvalue weighted by Crippen LogP contribution is -1.97. The van der Waals surface area contributed by atoms with Crippen LogP contribution < -0.4 is 0 Å². The Morgan fingerprint density at radius 1 is 1.10 bits per heavy atom. The SMILES string of the molecule is C/C=C\C(=C/C)c1nccc(-c2c(F)cccc2F)n1. The first-order valence-corrected chi connectivity index (χ1v) is 6.24. The molecule has 0 bridgehead atoms. The number of hydrogen-bond acceptors (Lipinski definition) is 2. The van der Waals surface area contributed by atoms with Crippen LogP contribution in [0.1, 0.15) is 19.7 Å². The third-order valence-corrected chi connectivity index (χ3v) is 2.79. The van der Waals surface area contributed by atoms with Crippen molar-refractivity contribution in [3.05, 3.63) is 66.1 Å². The fraction of sp³-hybridized carbons (Fsp3) is 0.125. The van der Waals surface area contributed by atoms with Crippen molar-refractivity contribution in [2.75, 3.05) is 0 Å². The topological polar surface area (TPSA) is 25.8 Å². The summed E-state index contributed by atoms with van der Waals surface area (Å²) in [7, 11) is 0. The number of halogens is 2. The minimum absolute atomic E-state index is 0.132. The number of benzene rings is 1. The highest BCUT2D eigenvalue weighted by Crippen LogP contribution is 2.25. The Kier molecular flexibility index (Phi) is 4.35. The van der Waals surface area contributed by atoms with E-state index < -0.39 is 11.6 Å². The Labute approximate surface area is 116 Å². The molecule has 1 aromatic carbocycles. The lowest BCUT2D eigenvalue weighted by molar-refractivity contribution is 0.588. The fourth-order valence-electron chi connectivity index (χ4n) is 1.86. The van der Waals surface area contributed by atoms with Gasteiger partial charge in [0.05, 0.1) is 11.3 Å². The molecule has 0 saturated carbocycles. The van der Waals surface area contributed by atoms with E-state index in [0.29, 0.717) is 5.82 Å². The molecule has 0 saturated heterocycles. The molecule has 0 spiro atoms. The Balaban J connectivity index is 2.55. The maximum absolute atomic E-state index is 13.8. The predicted molar refractivity (Wildman–Crippen MR) is 75.8 cm³/mol. The highest BCUT2D eigenvalue weighted by molar-refractivity contribution is 5.71. The van der Waals surface area contributed by atoms with Crippen LogP contribution in [0, 0.1) is 11.6 Å². The summed E-state index contributed by atoms with van der Waals surface area (Å²) in [6.45, 7) is 3.74. The highest BCUT2D eigenvalue weighted by Gasteiger charge is 2.13. The molecule has 2 rings (SSSR count). The average molecular weight is 272 g/mol. The highest BCUT2D eigenvalue weighted by atomic mass is 19.1. The van der Waals surface area contributed by atoms with Crippen LogP contribution in [0.25, 0.3) is 16.8 Å². The van der Waals surface area contributed by atoms with Crippen molar-refractivity contribution < 1.29 is 8.78 Å². The summed E-state index contributed by atoms with van der Waals surface area (Å²) in [6.07, 6.45) is 7.04. The van der Waals surface area contributed by atoms with Gasteiger partial charge in [-0.1, -0.05) is 24.3 Å².